The van der Waals surface area contributed by atoms with E-state index in [0.717, 1.165) is 19.3 Å². The summed E-state index contributed by atoms with van der Waals surface area (Å²) in [4.78, 5) is 10.2. The molecule has 0 rings (SSSR count). The first-order valence-corrected chi connectivity index (χ1v) is 5.78. The zero-order chi connectivity index (χ0) is 12.1. The van der Waals surface area contributed by atoms with Crippen LogP contribution in [0.2, 0.25) is 0 Å². The molecular formula is C12H26O3. The zero-order valence-corrected chi connectivity index (χ0v) is 10.6. The number of hydrogen-bond acceptors (Lipinski definition) is 3. The lowest BCUT2D eigenvalue weighted by Crippen LogP contribution is -1.99. The van der Waals surface area contributed by atoms with E-state index in [0.29, 0.717) is 19.1 Å². The van der Waals surface area contributed by atoms with Gasteiger partial charge in [-0.05, 0) is 18.8 Å². The van der Waals surface area contributed by atoms with E-state index in [1.807, 2.05) is 0 Å². The third-order valence-corrected chi connectivity index (χ3v) is 1.76. The monoisotopic (exact) mass is 218 g/mol. The summed E-state index contributed by atoms with van der Waals surface area (Å²) in [7, 11) is 0. The SMILES string of the molecule is CC(C)CCO.CCCCCOC(C)=O. The van der Waals surface area contributed by atoms with Gasteiger partial charge in [0.2, 0.25) is 0 Å². The van der Waals surface area contributed by atoms with Crippen LogP contribution in [0.5, 0.6) is 0 Å². The van der Waals surface area contributed by atoms with E-state index in [9.17, 15) is 4.79 Å². The van der Waals surface area contributed by atoms with E-state index >= 15 is 0 Å². The van der Waals surface area contributed by atoms with Gasteiger partial charge in [0.1, 0.15) is 0 Å². The van der Waals surface area contributed by atoms with Crippen LogP contribution in [-0.2, 0) is 9.53 Å². The highest BCUT2D eigenvalue weighted by Gasteiger charge is 1.89. The fraction of sp³-hybridized carbons (Fsp3) is 0.917. The molecule has 0 radical (unpaired) electrons. The van der Waals surface area contributed by atoms with Crippen molar-refractivity contribution in [3.05, 3.63) is 0 Å². The molecule has 0 saturated carbocycles. The molecule has 0 bridgehead atoms. The van der Waals surface area contributed by atoms with E-state index in [1.165, 1.54) is 13.3 Å². The zero-order valence-electron chi connectivity index (χ0n) is 10.6. The van der Waals surface area contributed by atoms with Crippen molar-refractivity contribution in [3.8, 4) is 0 Å². The fourth-order valence-corrected chi connectivity index (χ4v) is 0.826. The van der Waals surface area contributed by atoms with Crippen molar-refractivity contribution < 1.29 is 14.6 Å². The first kappa shape index (κ1) is 16.8. The highest BCUT2D eigenvalue weighted by atomic mass is 16.5. The Labute approximate surface area is 93.8 Å². The Bertz CT molecular complexity index is 133. The van der Waals surface area contributed by atoms with Crippen molar-refractivity contribution in [2.24, 2.45) is 5.92 Å². The van der Waals surface area contributed by atoms with Gasteiger partial charge in [0.05, 0.1) is 6.61 Å². The number of carbonyl (C=O) groups is 1. The number of unbranched alkanes of at least 4 members (excludes halogenated alkanes) is 2. The predicted octanol–water partition coefficient (Wildman–Crippen LogP) is 2.76. The van der Waals surface area contributed by atoms with Gasteiger partial charge in [0, 0.05) is 13.5 Å². The maximum absolute atomic E-state index is 10.2. The molecular weight excluding hydrogens is 192 g/mol. The number of rotatable bonds is 6. The smallest absolute Gasteiger partial charge is 0.302 e. The summed E-state index contributed by atoms with van der Waals surface area (Å²) in [5, 5.41) is 8.24. The summed E-state index contributed by atoms with van der Waals surface area (Å²) in [6.45, 7) is 8.66. The summed E-state index contributed by atoms with van der Waals surface area (Å²) in [5.41, 5.74) is 0. The van der Waals surface area contributed by atoms with Gasteiger partial charge in [0.25, 0.3) is 0 Å². The lowest BCUT2D eigenvalue weighted by molar-refractivity contribution is -0.141. The molecule has 0 fully saturated rings. The molecule has 0 amide bonds. The van der Waals surface area contributed by atoms with Crippen molar-refractivity contribution >= 4 is 5.97 Å². The second-order valence-corrected chi connectivity index (χ2v) is 3.95. The average Bonchev–Trinajstić information content (AvgIpc) is 2.13. The Morgan fingerprint density at radius 3 is 2.20 bits per heavy atom. The van der Waals surface area contributed by atoms with Crippen molar-refractivity contribution in [1.82, 2.24) is 0 Å². The molecule has 0 atom stereocenters. The second-order valence-electron chi connectivity index (χ2n) is 3.95. The molecule has 0 aliphatic heterocycles. The van der Waals surface area contributed by atoms with Gasteiger partial charge in [-0.3, -0.25) is 4.79 Å². The van der Waals surface area contributed by atoms with Crippen LogP contribution in [0.4, 0.5) is 0 Å². The van der Waals surface area contributed by atoms with Gasteiger partial charge in [-0.1, -0.05) is 33.6 Å². The molecule has 0 aliphatic rings. The van der Waals surface area contributed by atoms with Gasteiger partial charge in [-0.2, -0.15) is 0 Å². The first-order valence-electron chi connectivity index (χ1n) is 5.78. The minimum absolute atomic E-state index is 0.175. The number of hydrogen-bond donors (Lipinski definition) is 1. The highest BCUT2D eigenvalue weighted by Crippen LogP contribution is 1.95. The summed E-state index contributed by atoms with van der Waals surface area (Å²) in [6.07, 6.45) is 4.24. The minimum atomic E-state index is -0.175. The molecule has 3 nitrogen and oxygen atoms in total. The predicted molar refractivity (Wildman–Crippen MR) is 62.7 cm³/mol. The Hall–Kier alpha value is -0.570. The van der Waals surface area contributed by atoms with Gasteiger partial charge < -0.3 is 9.84 Å². The van der Waals surface area contributed by atoms with E-state index in [1.54, 1.807) is 0 Å². The normalized spacial score (nSPS) is 9.47. The molecule has 15 heavy (non-hydrogen) atoms. The van der Waals surface area contributed by atoms with Crippen LogP contribution in [0.1, 0.15) is 53.4 Å². The van der Waals surface area contributed by atoms with Crippen LogP contribution < -0.4 is 0 Å². The van der Waals surface area contributed by atoms with Crippen LogP contribution in [0.25, 0.3) is 0 Å². The Morgan fingerprint density at radius 2 is 1.93 bits per heavy atom. The van der Waals surface area contributed by atoms with Crippen LogP contribution in [0, 0.1) is 5.92 Å². The summed E-state index contributed by atoms with van der Waals surface area (Å²) >= 11 is 0. The van der Waals surface area contributed by atoms with E-state index < -0.39 is 0 Å². The minimum Gasteiger partial charge on any atom is -0.466 e. The molecule has 0 heterocycles. The Morgan fingerprint density at radius 1 is 1.33 bits per heavy atom. The Balaban J connectivity index is 0. The summed E-state index contributed by atoms with van der Waals surface area (Å²) in [6, 6.07) is 0. The lowest BCUT2D eigenvalue weighted by atomic mass is 10.2. The van der Waals surface area contributed by atoms with Crippen molar-refractivity contribution in [3.63, 3.8) is 0 Å². The fourth-order valence-electron chi connectivity index (χ4n) is 0.826. The van der Waals surface area contributed by atoms with Gasteiger partial charge >= 0.3 is 5.97 Å². The Kier molecular flexibility index (Phi) is 15.1. The molecule has 3 heteroatoms. The van der Waals surface area contributed by atoms with E-state index in [4.69, 9.17) is 9.84 Å². The molecule has 0 aromatic heterocycles. The van der Waals surface area contributed by atoms with Crippen LogP contribution >= 0.6 is 0 Å². The molecule has 0 spiro atoms. The van der Waals surface area contributed by atoms with Gasteiger partial charge in [-0.15, -0.1) is 0 Å². The average molecular weight is 218 g/mol. The van der Waals surface area contributed by atoms with Gasteiger partial charge in [-0.25, -0.2) is 0 Å². The van der Waals surface area contributed by atoms with Gasteiger partial charge in [0.15, 0.2) is 0 Å². The third kappa shape index (κ3) is 24.7. The van der Waals surface area contributed by atoms with Crippen LogP contribution in [-0.4, -0.2) is 24.3 Å². The highest BCUT2D eigenvalue weighted by molar-refractivity contribution is 5.65. The molecule has 0 aromatic rings. The van der Waals surface area contributed by atoms with Crippen molar-refractivity contribution in [2.45, 2.75) is 53.4 Å². The third-order valence-electron chi connectivity index (χ3n) is 1.76. The molecule has 0 unspecified atom stereocenters. The molecule has 92 valence electrons. The molecule has 1 N–H and O–H groups in total. The van der Waals surface area contributed by atoms with E-state index in [-0.39, 0.29) is 5.97 Å². The molecule has 0 aliphatic carbocycles. The van der Waals surface area contributed by atoms with E-state index in [2.05, 4.69) is 20.8 Å². The van der Waals surface area contributed by atoms with Crippen LogP contribution in [0.15, 0.2) is 0 Å². The molecule has 0 aromatic carbocycles. The summed E-state index contributed by atoms with van der Waals surface area (Å²) in [5.74, 6) is 0.473. The second kappa shape index (κ2) is 13.4. The van der Waals surface area contributed by atoms with Crippen LogP contribution in [0.3, 0.4) is 0 Å². The molecule has 0 saturated heterocycles. The first-order chi connectivity index (χ1) is 7.04. The lowest BCUT2D eigenvalue weighted by Gasteiger charge is -1.98. The van der Waals surface area contributed by atoms with Crippen molar-refractivity contribution in [1.29, 1.82) is 0 Å². The largest absolute Gasteiger partial charge is 0.466 e. The maximum atomic E-state index is 10.2. The maximum Gasteiger partial charge on any atom is 0.302 e. The number of ether oxygens (including phenoxy) is 1. The number of carbonyl (C=O) groups excluding carboxylic acids is 1. The van der Waals surface area contributed by atoms with Crippen molar-refractivity contribution in [2.75, 3.05) is 13.2 Å². The topological polar surface area (TPSA) is 46.5 Å². The number of aliphatic hydroxyl groups is 1. The standard InChI is InChI=1S/C7H14O2.C5H12O/c1-3-4-5-6-9-7(2)8;1-5(2)3-4-6/h3-6H2,1-2H3;5-6H,3-4H2,1-2H3. The summed E-state index contributed by atoms with van der Waals surface area (Å²) < 4.78 is 4.70. The quantitative estimate of drug-likeness (QED) is 0.551. The number of esters is 1. The number of aliphatic hydroxyl groups excluding tert-OH is 1.